The summed E-state index contributed by atoms with van der Waals surface area (Å²) >= 11 is 2.24. The van der Waals surface area contributed by atoms with Gasteiger partial charge in [0.05, 0.1) is 0 Å². The smallest absolute Gasteiger partial charge is 1.00 e. The maximum atomic E-state index is 2.69. The third-order valence-corrected chi connectivity index (χ3v) is 9.94. The van der Waals surface area contributed by atoms with Crippen LogP contribution in [0.1, 0.15) is 24.0 Å². The van der Waals surface area contributed by atoms with Crippen LogP contribution in [-0.2, 0) is 12.8 Å². The van der Waals surface area contributed by atoms with Crippen molar-refractivity contribution in [2.75, 3.05) is 32.1 Å². The number of hydrogen-bond donors (Lipinski definition) is 0. The summed E-state index contributed by atoms with van der Waals surface area (Å²) in [5.41, 5.74) is 7.83. The van der Waals surface area contributed by atoms with E-state index in [1.165, 1.54) is 65.5 Å². The van der Waals surface area contributed by atoms with Crippen molar-refractivity contribution in [3.05, 3.63) is 58.3 Å². The standard InChI is InChI=1S/C25H25N2SSe.BrH/c1-26(2)17-9-10-18-22(15-17)29-25-19-7-4-12-27-11-3-6-16(24(19)27)14-20(25)23(18)21-8-5-13-28-21;/h5,8-10,13-15H,3-4,6-7,11-12H2,1-2H3;1H/q+1;/p-1. The zero-order valence-electron chi connectivity index (χ0n) is 17.4. The van der Waals surface area contributed by atoms with Crippen LogP contribution in [0.25, 0.3) is 30.1 Å². The molecule has 3 aliphatic heterocycles. The van der Waals surface area contributed by atoms with Gasteiger partial charge in [-0.15, -0.1) is 0 Å². The van der Waals surface area contributed by atoms with Crippen LogP contribution < -0.4 is 31.8 Å². The largest absolute Gasteiger partial charge is 1.00 e. The van der Waals surface area contributed by atoms with Crippen LogP contribution in [0.2, 0.25) is 0 Å². The second-order valence-electron chi connectivity index (χ2n) is 8.46. The second kappa shape index (κ2) is 7.94. The molecular formula is C25H25BrN2SSe. The van der Waals surface area contributed by atoms with Crippen LogP contribution in [0, 0.1) is 0 Å². The van der Waals surface area contributed by atoms with E-state index in [0.29, 0.717) is 14.5 Å². The first-order chi connectivity index (χ1) is 14.2. The number of fused-ring (bicyclic) bond motifs is 3. The quantitative estimate of drug-likeness (QED) is 0.200. The molecule has 1 aromatic heterocycles. The number of halogens is 1. The third-order valence-electron chi connectivity index (χ3n) is 6.47. The summed E-state index contributed by atoms with van der Waals surface area (Å²) in [5, 5.41) is 5.07. The minimum Gasteiger partial charge on any atom is -1.00 e. The molecule has 2 aromatic rings. The number of hydrogen-bond acceptors (Lipinski definition) is 2. The maximum Gasteiger partial charge on any atom is -1.00 e. The van der Waals surface area contributed by atoms with Gasteiger partial charge in [0.15, 0.2) is 0 Å². The number of benzene rings is 2. The Morgan fingerprint density at radius 3 is 2.63 bits per heavy atom. The third kappa shape index (κ3) is 3.14. The molecule has 2 nitrogen and oxygen atoms in total. The second-order valence-corrected chi connectivity index (χ2v) is 11.6. The summed E-state index contributed by atoms with van der Waals surface area (Å²) in [6, 6.07) is 14.2. The molecule has 0 radical (unpaired) electrons. The number of nitrogens with zero attached hydrogens (tertiary/aromatic N) is 2. The average molecular weight is 544 g/mol. The van der Waals surface area contributed by atoms with Crippen molar-refractivity contribution in [3.63, 3.8) is 0 Å². The van der Waals surface area contributed by atoms with Crippen molar-refractivity contribution in [1.29, 1.82) is 0 Å². The van der Waals surface area contributed by atoms with Crippen molar-refractivity contribution in [1.82, 2.24) is 4.58 Å². The zero-order valence-corrected chi connectivity index (χ0v) is 21.5. The topological polar surface area (TPSA) is 6.25 Å². The summed E-state index contributed by atoms with van der Waals surface area (Å²) < 4.78 is 5.44. The van der Waals surface area contributed by atoms with E-state index in [0.717, 1.165) is 0 Å². The summed E-state index contributed by atoms with van der Waals surface area (Å²) in [4.78, 5) is 4.10. The summed E-state index contributed by atoms with van der Waals surface area (Å²) in [6.07, 6.45) is 5.10. The fourth-order valence-electron chi connectivity index (χ4n) is 5.15. The molecule has 1 aromatic carbocycles. The molecule has 4 heterocycles. The summed E-state index contributed by atoms with van der Waals surface area (Å²) in [7, 11) is 4.29. The molecule has 0 spiro atoms. The van der Waals surface area contributed by atoms with Crippen molar-refractivity contribution < 1.29 is 17.0 Å². The normalized spacial score (nSPS) is 15.2. The molecule has 6 rings (SSSR count). The van der Waals surface area contributed by atoms with Crippen LogP contribution >= 0.6 is 11.3 Å². The molecule has 0 N–H and O–H groups in total. The monoisotopic (exact) mass is 544 g/mol. The van der Waals surface area contributed by atoms with Gasteiger partial charge in [-0.1, -0.05) is 0 Å². The molecule has 154 valence electrons. The first-order valence-corrected chi connectivity index (χ1v) is 13.1. The van der Waals surface area contributed by atoms with E-state index >= 15 is 0 Å². The minimum atomic E-state index is 0. The fraction of sp³-hybridized carbons (Fsp3) is 0.320. The molecule has 0 unspecified atom stereocenters. The maximum absolute atomic E-state index is 2.69. The molecule has 0 bridgehead atoms. The van der Waals surface area contributed by atoms with E-state index in [1.54, 1.807) is 25.5 Å². The molecule has 0 saturated carbocycles. The van der Waals surface area contributed by atoms with Gasteiger partial charge in [0, 0.05) is 0 Å². The predicted octanol–water partition coefficient (Wildman–Crippen LogP) is 1.46. The van der Waals surface area contributed by atoms with Gasteiger partial charge in [-0.25, -0.2) is 0 Å². The Kier molecular flexibility index (Phi) is 5.43. The number of thiophene rings is 1. The van der Waals surface area contributed by atoms with E-state index in [9.17, 15) is 0 Å². The predicted molar refractivity (Wildman–Crippen MR) is 127 cm³/mol. The van der Waals surface area contributed by atoms with Gasteiger partial charge >= 0.3 is 182 Å². The first kappa shape index (κ1) is 20.5. The van der Waals surface area contributed by atoms with Gasteiger partial charge in [0.1, 0.15) is 0 Å². The molecule has 0 fully saturated rings. The molecule has 0 atom stereocenters. The Balaban J connectivity index is 0.00000193. The average Bonchev–Trinajstić information content (AvgIpc) is 3.27. The first-order valence-electron chi connectivity index (χ1n) is 10.6. The van der Waals surface area contributed by atoms with Crippen molar-refractivity contribution in [2.45, 2.75) is 25.7 Å². The number of anilines is 1. The van der Waals surface area contributed by atoms with Crippen LogP contribution in [0.15, 0.2) is 41.8 Å². The Morgan fingerprint density at radius 2 is 1.87 bits per heavy atom. The Labute approximate surface area is 198 Å². The fourth-order valence-corrected chi connectivity index (χ4v) is 8.62. The molecule has 0 saturated heterocycles. The molecular weight excluding hydrogens is 519 g/mol. The molecule has 5 heteroatoms. The van der Waals surface area contributed by atoms with Gasteiger partial charge in [-0.3, -0.25) is 0 Å². The van der Waals surface area contributed by atoms with Crippen LogP contribution in [0.5, 0.6) is 0 Å². The van der Waals surface area contributed by atoms with E-state index < -0.39 is 0 Å². The molecule has 0 amide bonds. The Hall–Kier alpha value is -1.39. The Morgan fingerprint density at radius 1 is 1.03 bits per heavy atom. The van der Waals surface area contributed by atoms with Crippen molar-refractivity contribution in [3.8, 4) is 20.4 Å². The number of rotatable bonds is 1. The van der Waals surface area contributed by atoms with Gasteiger partial charge in [0.25, 0.3) is 0 Å². The van der Waals surface area contributed by atoms with Gasteiger partial charge < -0.3 is 17.0 Å². The minimum absolute atomic E-state index is 0. The van der Waals surface area contributed by atoms with Crippen molar-refractivity contribution >= 4 is 41.2 Å². The Bertz CT molecular complexity index is 1280. The van der Waals surface area contributed by atoms with E-state index in [2.05, 4.69) is 65.3 Å². The van der Waals surface area contributed by atoms with Crippen LogP contribution in [-0.4, -0.2) is 41.7 Å². The van der Waals surface area contributed by atoms with E-state index in [1.807, 2.05) is 11.3 Å². The SMILES string of the molecule is C[N+](C)=c1ccc2c(-c3cccs3)c3cc4c5c(c3[se]c-2c1)CCCN5CCC4.[Br-]. The molecule has 4 aliphatic rings. The summed E-state index contributed by atoms with van der Waals surface area (Å²) in [6.45, 7) is 2.49. The van der Waals surface area contributed by atoms with E-state index in [-0.39, 0.29) is 17.0 Å². The van der Waals surface area contributed by atoms with Gasteiger partial charge in [-0.2, -0.15) is 0 Å². The van der Waals surface area contributed by atoms with Crippen molar-refractivity contribution in [2.24, 2.45) is 0 Å². The molecule has 30 heavy (non-hydrogen) atoms. The summed E-state index contributed by atoms with van der Waals surface area (Å²) in [5.74, 6) is 0. The van der Waals surface area contributed by atoms with Crippen LogP contribution in [0.4, 0.5) is 5.69 Å². The van der Waals surface area contributed by atoms with Gasteiger partial charge in [-0.05, 0) is 0 Å². The van der Waals surface area contributed by atoms with E-state index in [4.69, 9.17) is 0 Å². The zero-order chi connectivity index (χ0) is 19.5. The van der Waals surface area contributed by atoms with Gasteiger partial charge in [0.2, 0.25) is 0 Å². The molecule has 1 aliphatic carbocycles. The number of aryl methyl sites for hydroxylation is 2. The van der Waals surface area contributed by atoms with Crippen LogP contribution in [0.3, 0.4) is 0 Å².